The summed E-state index contributed by atoms with van der Waals surface area (Å²) in [4.78, 5) is 20.9. The van der Waals surface area contributed by atoms with Crippen molar-refractivity contribution >= 4 is 28.5 Å². The normalized spacial score (nSPS) is 12.7. The van der Waals surface area contributed by atoms with Crippen LogP contribution < -0.4 is 5.73 Å². The molecule has 2 heterocycles. The van der Waals surface area contributed by atoms with Crippen LogP contribution in [-0.4, -0.2) is 43.5 Å². The molecule has 0 radical (unpaired) electrons. The molecule has 8 heteroatoms. The second-order valence-corrected chi connectivity index (χ2v) is 8.14. The van der Waals surface area contributed by atoms with Gasteiger partial charge in [-0.15, -0.1) is 0 Å². The van der Waals surface area contributed by atoms with Gasteiger partial charge in [-0.25, -0.2) is 14.8 Å². The van der Waals surface area contributed by atoms with E-state index in [0.717, 1.165) is 16.5 Å². The van der Waals surface area contributed by atoms with Crippen molar-refractivity contribution < 1.29 is 14.6 Å². The number of fused-ring (bicyclic) bond motifs is 1. The van der Waals surface area contributed by atoms with Gasteiger partial charge in [0, 0.05) is 30.8 Å². The number of hydrogen-bond donors (Lipinski definition) is 3. The van der Waals surface area contributed by atoms with Gasteiger partial charge < -0.3 is 20.1 Å². The number of anilines is 1. The van der Waals surface area contributed by atoms with Gasteiger partial charge in [0.15, 0.2) is 0 Å². The van der Waals surface area contributed by atoms with Crippen molar-refractivity contribution in [1.29, 1.82) is 5.41 Å². The van der Waals surface area contributed by atoms with E-state index in [1.54, 1.807) is 20.8 Å². The molecule has 30 heavy (non-hydrogen) atoms. The number of carbonyl (C=O) groups excluding carboxylic acids is 1. The van der Waals surface area contributed by atoms with Crippen molar-refractivity contribution in [3.8, 4) is 11.1 Å². The van der Waals surface area contributed by atoms with Gasteiger partial charge in [0.1, 0.15) is 29.1 Å². The Kier molecular flexibility index (Phi) is 6.17. The maximum Gasteiger partial charge on any atom is 0.352 e. The summed E-state index contributed by atoms with van der Waals surface area (Å²) in [5, 5.41) is 18.6. The van der Waals surface area contributed by atoms with Crippen LogP contribution in [0.25, 0.3) is 22.2 Å². The number of ether oxygens (including phenoxy) is 1. The number of aliphatic hydroxyl groups excluding tert-OH is 1. The van der Waals surface area contributed by atoms with Gasteiger partial charge in [-0.2, -0.15) is 0 Å². The van der Waals surface area contributed by atoms with Gasteiger partial charge in [-0.1, -0.05) is 30.3 Å². The third-order valence-electron chi connectivity index (χ3n) is 4.69. The van der Waals surface area contributed by atoms with Gasteiger partial charge in [0.05, 0.1) is 5.39 Å². The number of aliphatic hydroxyl groups is 1. The van der Waals surface area contributed by atoms with E-state index in [0.29, 0.717) is 11.5 Å². The molecular weight excluding hydrogens is 382 g/mol. The number of nitrogens with two attached hydrogens (primary N) is 1. The first-order chi connectivity index (χ1) is 14.2. The molecule has 1 aromatic carbocycles. The number of benzene rings is 1. The molecule has 0 spiro atoms. The van der Waals surface area contributed by atoms with Crippen LogP contribution in [0.15, 0.2) is 42.9 Å². The minimum Gasteiger partial charge on any atom is -0.455 e. The summed E-state index contributed by atoms with van der Waals surface area (Å²) in [5.41, 5.74) is 7.72. The summed E-state index contributed by atoms with van der Waals surface area (Å²) >= 11 is 0. The minimum atomic E-state index is -0.699. The number of esters is 1. The fourth-order valence-corrected chi connectivity index (χ4v) is 3.34. The SMILES string of the molecule is CC(C)(C)OC(=O)C(=N)[C@@H](CCO)Cn1cc(-c2ccccc2)c2c(N)ncnc21. The Balaban J connectivity index is 2.00. The van der Waals surface area contributed by atoms with E-state index in [1.165, 1.54) is 6.33 Å². The predicted molar refractivity (Wildman–Crippen MR) is 116 cm³/mol. The van der Waals surface area contributed by atoms with Crippen LogP contribution in [0.1, 0.15) is 27.2 Å². The first kappa shape index (κ1) is 21.4. The molecule has 0 aliphatic carbocycles. The molecule has 3 rings (SSSR count). The highest BCUT2D eigenvalue weighted by atomic mass is 16.6. The summed E-state index contributed by atoms with van der Waals surface area (Å²) in [6, 6.07) is 9.75. The molecule has 3 aromatic rings. The lowest BCUT2D eigenvalue weighted by atomic mass is 9.99. The quantitative estimate of drug-likeness (QED) is 0.407. The number of nitrogen functional groups attached to an aromatic ring is 1. The molecule has 0 bridgehead atoms. The molecule has 0 saturated carbocycles. The molecule has 158 valence electrons. The Morgan fingerprint density at radius 2 is 1.97 bits per heavy atom. The van der Waals surface area contributed by atoms with E-state index in [4.69, 9.17) is 15.9 Å². The second-order valence-electron chi connectivity index (χ2n) is 8.14. The fraction of sp³-hybridized carbons (Fsp3) is 0.364. The number of carbonyl (C=O) groups is 1. The summed E-state index contributed by atoms with van der Waals surface area (Å²) in [6.07, 6.45) is 3.54. The smallest absolute Gasteiger partial charge is 0.352 e. The van der Waals surface area contributed by atoms with Crippen LogP contribution in [0, 0.1) is 11.3 Å². The molecule has 0 saturated heterocycles. The molecule has 4 N–H and O–H groups in total. The zero-order chi connectivity index (χ0) is 21.9. The lowest BCUT2D eigenvalue weighted by molar-refractivity contribution is -0.146. The Morgan fingerprint density at radius 1 is 1.27 bits per heavy atom. The molecule has 8 nitrogen and oxygen atoms in total. The molecule has 0 amide bonds. The Morgan fingerprint density at radius 3 is 2.60 bits per heavy atom. The van der Waals surface area contributed by atoms with Crippen LogP contribution >= 0.6 is 0 Å². The van der Waals surface area contributed by atoms with E-state index < -0.39 is 17.5 Å². The van der Waals surface area contributed by atoms with Crippen LogP contribution in [0.4, 0.5) is 5.82 Å². The average molecular weight is 409 g/mol. The summed E-state index contributed by atoms with van der Waals surface area (Å²) < 4.78 is 7.20. The maximum atomic E-state index is 12.4. The molecule has 0 aliphatic rings. The van der Waals surface area contributed by atoms with Gasteiger partial charge in [-0.3, -0.25) is 5.41 Å². The second kappa shape index (κ2) is 8.62. The summed E-state index contributed by atoms with van der Waals surface area (Å²) in [5.74, 6) is -0.867. The van der Waals surface area contributed by atoms with Crippen molar-refractivity contribution in [1.82, 2.24) is 14.5 Å². The van der Waals surface area contributed by atoms with Crippen LogP contribution in [0.3, 0.4) is 0 Å². The lowest BCUT2D eigenvalue weighted by Gasteiger charge is -2.23. The molecule has 2 aromatic heterocycles. The third kappa shape index (κ3) is 4.65. The van der Waals surface area contributed by atoms with Crippen molar-refractivity contribution in [2.24, 2.45) is 5.92 Å². The lowest BCUT2D eigenvalue weighted by Crippen LogP contribution is -2.34. The maximum absolute atomic E-state index is 12.4. The number of hydrogen-bond acceptors (Lipinski definition) is 7. The fourth-order valence-electron chi connectivity index (χ4n) is 3.34. The van der Waals surface area contributed by atoms with Crippen molar-refractivity contribution in [3.63, 3.8) is 0 Å². The zero-order valence-corrected chi connectivity index (χ0v) is 17.4. The monoisotopic (exact) mass is 409 g/mol. The van der Waals surface area contributed by atoms with Crippen molar-refractivity contribution in [2.45, 2.75) is 39.3 Å². The van der Waals surface area contributed by atoms with Gasteiger partial charge in [0.25, 0.3) is 0 Å². The van der Waals surface area contributed by atoms with Gasteiger partial charge in [0.2, 0.25) is 0 Å². The average Bonchev–Trinajstić information content (AvgIpc) is 3.06. The highest BCUT2D eigenvalue weighted by Gasteiger charge is 2.27. The number of nitrogens with zero attached hydrogens (tertiary/aromatic N) is 3. The Bertz CT molecular complexity index is 1050. The number of rotatable bonds is 7. The van der Waals surface area contributed by atoms with Crippen LogP contribution in [0.2, 0.25) is 0 Å². The summed E-state index contributed by atoms with van der Waals surface area (Å²) in [6.45, 7) is 5.38. The van der Waals surface area contributed by atoms with Crippen LogP contribution in [-0.2, 0) is 16.1 Å². The van der Waals surface area contributed by atoms with Crippen LogP contribution in [0.5, 0.6) is 0 Å². The minimum absolute atomic E-state index is 0.155. The molecule has 0 unspecified atom stereocenters. The number of nitrogens with one attached hydrogen (secondary N) is 1. The van der Waals surface area contributed by atoms with Gasteiger partial charge >= 0.3 is 5.97 Å². The molecule has 0 aliphatic heterocycles. The van der Waals surface area contributed by atoms with Gasteiger partial charge in [-0.05, 0) is 32.8 Å². The zero-order valence-electron chi connectivity index (χ0n) is 17.4. The standard InChI is InChI=1S/C22H27N5O3/c1-22(2,3)30-21(29)18(23)15(9-10-28)11-27-12-16(14-7-5-4-6-8-14)17-19(24)25-13-26-20(17)27/h4-8,12-13,15,23,28H,9-11H2,1-3H3,(H2,24,25,26)/t15-/m0/s1. The van der Waals surface area contributed by atoms with E-state index in [-0.39, 0.29) is 25.3 Å². The number of aromatic nitrogens is 3. The third-order valence-corrected chi connectivity index (χ3v) is 4.69. The van der Waals surface area contributed by atoms with E-state index in [9.17, 15) is 9.90 Å². The first-order valence-corrected chi connectivity index (χ1v) is 9.78. The van der Waals surface area contributed by atoms with E-state index >= 15 is 0 Å². The van der Waals surface area contributed by atoms with E-state index in [2.05, 4.69) is 9.97 Å². The largest absolute Gasteiger partial charge is 0.455 e. The van der Waals surface area contributed by atoms with E-state index in [1.807, 2.05) is 41.1 Å². The molecular formula is C22H27N5O3. The molecule has 0 fully saturated rings. The Hall–Kier alpha value is -3.26. The molecule has 1 atom stereocenters. The van der Waals surface area contributed by atoms with Crippen molar-refractivity contribution in [2.75, 3.05) is 12.3 Å². The highest BCUT2D eigenvalue weighted by Crippen LogP contribution is 2.33. The topological polar surface area (TPSA) is 127 Å². The highest BCUT2D eigenvalue weighted by molar-refractivity contribution is 6.36. The predicted octanol–water partition coefficient (Wildman–Crippen LogP) is 3.04. The first-order valence-electron chi connectivity index (χ1n) is 9.78. The Labute approximate surface area is 175 Å². The summed E-state index contributed by atoms with van der Waals surface area (Å²) in [7, 11) is 0. The van der Waals surface area contributed by atoms with Crippen molar-refractivity contribution in [3.05, 3.63) is 42.9 Å².